The Labute approximate surface area is 88.7 Å². The molecule has 0 radical (unpaired) electrons. The average Bonchev–Trinajstić information content (AvgIpc) is 2.29. The Morgan fingerprint density at radius 1 is 1.13 bits per heavy atom. The van der Waals surface area contributed by atoms with Gasteiger partial charge in [-0.25, -0.2) is 0 Å². The maximum atomic E-state index is 5.50. The van der Waals surface area contributed by atoms with Gasteiger partial charge in [0.1, 0.15) is 12.4 Å². The number of hydrogen-bond donors (Lipinski definition) is 0. The van der Waals surface area contributed by atoms with Crippen molar-refractivity contribution < 1.29 is 9.47 Å². The normalized spacial score (nSPS) is 10.5. The standard InChI is InChI=1S/C12H13NO2/c1-14-6-7-15-12-3-2-10-4-5-13-9-11(10)8-12/h2-5,8-9H,6-7H2,1H3. The number of fused-ring (bicyclic) bond motifs is 1. The maximum absolute atomic E-state index is 5.50. The fourth-order valence-electron chi connectivity index (χ4n) is 1.40. The van der Waals surface area contributed by atoms with E-state index in [1.165, 1.54) is 5.39 Å². The first-order valence-corrected chi connectivity index (χ1v) is 4.85. The van der Waals surface area contributed by atoms with Crippen LogP contribution in [0.3, 0.4) is 0 Å². The van der Waals surface area contributed by atoms with Gasteiger partial charge in [-0.2, -0.15) is 0 Å². The Balaban J connectivity index is 2.16. The molecule has 0 aliphatic rings. The van der Waals surface area contributed by atoms with Crippen LogP contribution >= 0.6 is 0 Å². The van der Waals surface area contributed by atoms with Crippen LogP contribution in [-0.4, -0.2) is 25.3 Å². The van der Waals surface area contributed by atoms with Crippen molar-refractivity contribution in [2.75, 3.05) is 20.3 Å². The van der Waals surface area contributed by atoms with Crippen molar-refractivity contribution in [1.82, 2.24) is 4.98 Å². The number of methoxy groups -OCH3 is 1. The molecule has 2 aromatic rings. The van der Waals surface area contributed by atoms with E-state index in [9.17, 15) is 0 Å². The van der Waals surface area contributed by atoms with E-state index in [0.29, 0.717) is 13.2 Å². The summed E-state index contributed by atoms with van der Waals surface area (Å²) in [6, 6.07) is 7.95. The highest BCUT2D eigenvalue weighted by molar-refractivity contribution is 5.82. The fourth-order valence-corrected chi connectivity index (χ4v) is 1.40. The van der Waals surface area contributed by atoms with Gasteiger partial charge in [-0.05, 0) is 23.6 Å². The first-order chi connectivity index (χ1) is 7.40. The highest BCUT2D eigenvalue weighted by Crippen LogP contribution is 2.19. The lowest BCUT2D eigenvalue weighted by Crippen LogP contribution is -2.03. The highest BCUT2D eigenvalue weighted by atomic mass is 16.5. The molecule has 0 unspecified atom stereocenters. The Morgan fingerprint density at radius 2 is 2.07 bits per heavy atom. The van der Waals surface area contributed by atoms with Gasteiger partial charge in [0, 0.05) is 24.9 Å². The molecular weight excluding hydrogens is 190 g/mol. The minimum Gasteiger partial charge on any atom is -0.491 e. The maximum Gasteiger partial charge on any atom is 0.120 e. The van der Waals surface area contributed by atoms with Gasteiger partial charge in [0.25, 0.3) is 0 Å². The highest BCUT2D eigenvalue weighted by Gasteiger charge is 1.96. The number of benzene rings is 1. The predicted octanol–water partition coefficient (Wildman–Crippen LogP) is 2.26. The first-order valence-electron chi connectivity index (χ1n) is 4.85. The Bertz CT molecular complexity index is 442. The summed E-state index contributed by atoms with van der Waals surface area (Å²) in [5.74, 6) is 0.854. The molecule has 0 amide bonds. The van der Waals surface area contributed by atoms with Crippen molar-refractivity contribution in [3.8, 4) is 5.75 Å². The van der Waals surface area contributed by atoms with E-state index in [0.717, 1.165) is 11.1 Å². The summed E-state index contributed by atoms with van der Waals surface area (Å²) in [5.41, 5.74) is 0. The van der Waals surface area contributed by atoms with E-state index in [-0.39, 0.29) is 0 Å². The summed E-state index contributed by atoms with van der Waals surface area (Å²) in [7, 11) is 1.66. The quantitative estimate of drug-likeness (QED) is 0.714. The SMILES string of the molecule is COCCOc1ccc2ccncc2c1. The number of rotatable bonds is 4. The van der Waals surface area contributed by atoms with Gasteiger partial charge < -0.3 is 9.47 Å². The predicted molar refractivity (Wildman–Crippen MR) is 59.1 cm³/mol. The van der Waals surface area contributed by atoms with Gasteiger partial charge in [-0.3, -0.25) is 4.98 Å². The summed E-state index contributed by atoms with van der Waals surface area (Å²) in [5, 5.41) is 2.26. The summed E-state index contributed by atoms with van der Waals surface area (Å²) in [4.78, 5) is 4.07. The summed E-state index contributed by atoms with van der Waals surface area (Å²) in [6.07, 6.45) is 3.62. The molecule has 0 N–H and O–H groups in total. The second-order valence-electron chi connectivity index (χ2n) is 3.23. The lowest BCUT2D eigenvalue weighted by atomic mass is 10.2. The Hall–Kier alpha value is -1.61. The summed E-state index contributed by atoms with van der Waals surface area (Å²) < 4.78 is 10.4. The molecule has 0 aliphatic carbocycles. The zero-order valence-corrected chi connectivity index (χ0v) is 8.64. The van der Waals surface area contributed by atoms with Crippen molar-refractivity contribution in [3.05, 3.63) is 36.7 Å². The minimum absolute atomic E-state index is 0.572. The third kappa shape index (κ3) is 2.44. The zero-order valence-electron chi connectivity index (χ0n) is 8.64. The van der Waals surface area contributed by atoms with Crippen LogP contribution in [0.2, 0.25) is 0 Å². The van der Waals surface area contributed by atoms with Crippen LogP contribution < -0.4 is 4.74 Å². The van der Waals surface area contributed by atoms with Gasteiger partial charge in [0.05, 0.1) is 6.61 Å². The van der Waals surface area contributed by atoms with Gasteiger partial charge in [-0.15, -0.1) is 0 Å². The molecule has 1 heterocycles. The molecule has 0 bridgehead atoms. The number of ether oxygens (including phenoxy) is 2. The zero-order chi connectivity index (χ0) is 10.5. The fraction of sp³-hybridized carbons (Fsp3) is 0.250. The summed E-state index contributed by atoms with van der Waals surface area (Å²) >= 11 is 0. The molecule has 0 atom stereocenters. The van der Waals surface area contributed by atoms with Gasteiger partial charge in [0.2, 0.25) is 0 Å². The molecule has 0 fully saturated rings. The Morgan fingerprint density at radius 3 is 2.93 bits per heavy atom. The van der Waals surface area contributed by atoms with Crippen LogP contribution in [0.4, 0.5) is 0 Å². The average molecular weight is 203 g/mol. The number of aromatic nitrogens is 1. The van der Waals surface area contributed by atoms with Crippen molar-refractivity contribution >= 4 is 10.8 Å². The second-order valence-corrected chi connectivity index (χ2v) is 3.23. The van der Waals surface area contributed by atoms with E-state index in [4.69, 9.17) is 9.47 Å². The van der Waals surface area contributed by atoms with Crippen molar-refractivity contribution in [2.24, 2.45) is 0 Å². The molecule has 1 aromatic carbocycles. The monoisotopic (exact) mass is 203 g/mol. The smallest absolute Gasteiger partial charge is 0.120 e. The molecule has 0 aliphatic heterocycles. The van der Waals surface area contributed by atoms with Crippen molar-refractivity contribution in [2.45, 2.75) is 0 Å². The van der Waals surface area contributed by atoms with E-state index < -0.39 is 0 Å². The van der Waals surface area contributed by atoms with Gasteiger partial charge >= 0.3 is 0 Å². The third-order valence-corrected chi connectivity index (χ3v) is 2.17. The van der Waals surface area contributed by atoms with Crippen molar-refractivity contribution in [1.29, 1.82) is 0 Å². The van der Waals surface area contributed by atoms with Crippen LogP contribution in [0, 0.1) is 0 Å². The lowest BCUT2D eigenvalue weighted by molar-refractivity contribution is 0.146. The van der Waals surface area contributed by atoms with E-state index in [2.05, 4.69) is 4.98 Å². The molecule has 1 aromatic heterocycles. The molecule has 0 spiro atoms. The molecule has 3 nitrogen and oxygen atoms in total. The van der Waals surface area contributed by atoms with Crippen LogP contribution in [0.1, 0.15) is 0 Å². The molecule has 78 valence electrons. The van der Waals surface area contributed by atoms with Gasteiger partial charge in [0.15, 0.2) is 0 Å². The third-order valence-electron chi connectivity index (χ3n) is 2.17. The van der Waals surface area contributed by atoms with E-state index in [1.807, 2.05) is 30.5 Å². The van der Waals surface area contributed by atoms with Crippen molar-refractivity contribution in [3.63, 3.8) is 0 Å². The molecule has 2 rings (SSSR count). The topological polar surface area (TPSA) is 31.4 Å². The molecular formula is C12H13NO2. The van der Waals surface area contributed by atoms with E-state index in [1.54, 1.807) is 13.3 Å². The number of nitrogens with zero attached hydrogens (tertiary/aromatic N) is 1. The first kappa shape index (κ1) is 9.93. The largest absolute Gasteiger partial charge is 0.491 e. The van der Waals surface area contributed by atoms with E-state index >= 15 is 0 Å². The minimum atomic E-state index is 0.572. The van der Waals surface area contributed by atoms with Gasteiger partial charge in [-0.1, -0.05) is 6.07 Å². The Kier molecular flexibility index (Phi) is 3.15. The van der Waals surface area contributed by atoms with Crippen LogP contribution in [0.15, 0.2) is 36.7 Å². The molecule has 3 heteroatoms. The van der Waals surface area contributed by atoms with Crippen LogP contribution in [-0.2, 0) is 4.74 Å². The summed E-state index contributed by atoms with van der Waals surface area (Å²) in [6.45, 7) is 1.17. The van der Waals surface area contributed by atoms with Crippen LogP contribution in [0.5, 0.6) is 5.75 Å². The number of hydrogen-bond acceptors (Lipinski definition) is 3. The second kappa shape index (κ2) is 4.75. The van der Waals surface area contributed by atoms with Crippen LogP contribution in [0.25, 0.3) is 10.8 Å². The lowest BCUT2D eigenvalue weighted by Gasteiger charge is -2.06. The molecule has 0 saturated carbocycles. The molecule has 15 heavy (non-hydrogen) atoms. The molecule has 0 saturated heterocycles. The number of pyridine rings is 1.